The Morgan fingerprint density at radius 1 is 1.00 bits per heavy atom. The van der Waals surface area contributed by atoms with Crippen molar-refractivity contribution in [2.75, 3.05) is 13.1 Å². The van der Waals surface area contributed by atoms with Gasteiger partial charge in [0.15, 0.2) is 11.0 Å². The summed E-state index contributed by atoms with van der Waals surface area (Å²) in [5, 5.41) is 15.7. The Morgan fingerprint density at radius 2 is 1.73 bits per heavy atom. The number of fused-ring (bicyclic) bond motifs is 1. The number of amidine groups is 3. The monoisotopic (exact) mass is 459 g/mol. The summed E-state index contributed by atoms with van der Waals surface area (Å²) in [6.07, 6.45) is 5.05. The molecule has 2 aromatic carbocycles. The second-order valence-corrected chi connectivity index (χ2v) is 8.71. The molecule has 3 heterocycles. The van der Waals surface area contributed by atoms with E-state index in [0.717, 1.165) is 31.1 Å². The van der Waals surface area contributed by atoms with Gasteiger partial charge in [-0.25, -0.2) is 4.79 Å². The zero-order valence-electron chi connectivity index (χ0n) is 17.7. The predicted octanol–water partition coefficient (Wildman–Crippen LogP) is 3.97. The molecule has 0 spiro atoms. The number of hydrazone groups is 1. The van der Waals surface area contributed by atoms with Gasteiger partial charge in [-0.1, -0.05) is 30.3 Å². The standard InChI is InChI=1S/C24H21N5O3S/c25-20-19(21(30)26-23-29(20)27-24(33-23)28-13-5-2-6-14-28)15-16-9-11-18(12-10-16)32-22(31)17-7-3-1-4-8-17/h1,3-4,7-12,15,25H,2,5-6,13-14H2/b19-15+,25-20?. The van der Waals surface area contributed by atoms with Crippen LogP contribution < -0.4 is 4.74 Å². The molecule has 0 radical (unpaired) electrons. The van der Waals surface area contributed by atoms with Gasteiger partial charge in [0, 0.05) is 13.1 Å². The van der Waals surface area contributed by atoms with Crippen LogP contribution in [-0.2, 0) is 4.79 Å². The second kappa shape index (κ2) is 9.03. The number of piperidine rings is 1. The smallest absolute Gasteiger partial charge is 0.343 e. The molecule has 166 valence electrons. The fourth-order valence-corrected chi connectivity index (χ4v) is 4.68. The average molecular weight is 460 g/mol. The highest BCUT2D eigenvalue weighted by molar-refractivity contribution is 8.26. The van der Waals surface area contributed by atoms with E-state index in [-0.39, 0.29) is 11.4 Å². The lowest BCUT2D eigenvalue weighted by Gasteiger charge is -2.26. The van der Waals surface area contributed by atoms with Gasteiger partial charge >= 0.3 is 5.97 Å². The normalized spacial score (nSPS) is 19.3. The maximum Gasteiger partial charge on any atom is 0.343 e. The van der Waals surface area contributed by atoms with Crippen LogP contribution in [0, 0.1) is 5.41 Å². The van der Waals surface area contributed by atoms with Gasteiger partial charge in [0.2, 0.25) is 5.17 Å². The number of hydrogen-bond acceptors (Lipinski definition) is 7. The Bertz CT molecular complexity index is 1200. The summed E-state index contributed by atoms with van der Waals surface area (Å²) in [5.74, 6) is -0.512. The number of rotatable bonds is 3. The second-order valence-electron chi connectivity index (χ2n) is 7.77. The molecule has 1 amide bonds. The number of amides is 1. The number of nitrogens with one attached hydrogen (secondary N) is 1. The van der Waals surface area contributed by atoms with E-state index in [0.29, 0.717) is 22.0 Å². The summed E-state index contributed by atoms with van der Waals surface area (Å²) in [6, 6.07) is 15.5. The van der Waals surface area contributed by atoms with E-state index in [4.69, 9.17) is 10.1 Å². The largest absolute Gasteiger partial charge is 0.423 e. The summed E-state index contributed by atoms with van der Waals surface area (Å²) in [7, 11) is 0. The lowest BCUT2D eigenvalue weighted by Crippen LogP contribution is -2.35. The lowest BCUT2D eigenvalue weighted by atomic mass is 10.1. The summed E-state index contributed by atoms with van der Waals surface area (Å²) < 4.78 is 5.39. The van der Waals surface area contributed by atoms with Crippen molar-refractivity contribution < 1.29 is 14.3 Å². The first-order valence-corrected chi connectivity index (χ1v) is 11.5. The van der Waals surface area contributed by atoms with Crippen LogP contribution in [0.4, 0.5) is 0 Å². The quantitative estimate of drug-likeness (QED) is 0.424. The van der Waals surface area contributed by atoms with Crippen LogP contribution in [0.15, 0.2) is 70.3 Å². The highest BCUT2D eigenvalue weighted by atomic mass is 32.2. The summed E-state index contributed by atoms with van der Waals surface area (Å²) in [6.45, 7) is 1.86. The fraction of sp³-hybridized carbons (Fsp3) is 0.208. The number of carbonyl (C=O) groups is 2. The van der Waals surface area contributed by atoms with Gasteiger partial charge in [-0.2, -0.15) is 10.0 Å². The molecule has 33 heavy (non-hydrogen) atoms. The van der Waals surface area contributed by atoms with Crippen molar-refractivity contribution in [1.29, 1.82) is 5.41 Å². The number of carbonyl (C=O) groups excluding carboxylic acids is 2. The van der Waals surface area contributed by atoms with Crippen LogP contribution in [-0.4, -0.2) is 51.0 Å². The molecular formula is C24H21N5O3S. The number of hydrogen-bond donors (Lipinski definition) is 1. The Kier molecular flexibility index (Phi) is 5.78. The van der Waals surface area contributed by atoms with Gasteiger partial charge in [0.1, 0.15) is 5.75 Å². The number of ether oxygens (including phenoxy) is 1. The van der Waals surface area contributed by atoms with Crippen molar-refractivity contribution in [2.24, 2.45) is 10.1 Å². The predicted molar refractivity (Wildman–Crippen MR) is 128 cm³/mol. The van der Waals surface area contributed by atoms with Gasteiger partial charge in [-0.3, -0.25) is 10.2 Å². The van der Waals surface area contributed by atoms with Crippen molar-refractivity contribution in [3.63, 3.8) is 0 Å². The van der Waals surface area contributed by atoms with Crippen LogP contribution >= 0.6 is 11.8 Å². The van der Waals surface area contributed by atoms with Crippen LogP contribution in [0.3, 0.4) is 0 Å². The molecule has 2 aromatic rings. The SMILES string of the molecule is N=C1/C(=C\c2ccc(OC(=O)c3ccccc3)cc2)C(=O)N=C2SC(N3CCCCC3)=NN12. The van der Waals surface area contributed by atoms with Gasteiger partial charge in [-0.05, 0) is 66.9 Å². The number of thioether (sulfide) groups is 1. The van der Waals surface area contributed by atoms with E-state index in [9.17, 15) is 9.59 Å². The number of esters is 1. The highest BCUT2D eigenvalue weighted by Gasteiger charge is 2.37. The molecule has 5 rings (SSSR count). The van der Waals surface area contributed by atoms with Crippen LogP contribution in [0.25, 0.3) is 6.08 Å². The molecule has 9 heteroatoms. The first-order chi connectivity index (χ1) is 16.1. The first kappa shape index (κ1) is 21.1. The van der Waals surface area contributed by atoms with Crippen molar-refractivity contribution in [2.45, 2.75) is 19.3 Å². The number of nitrogens with zero attached hydrogens (tertiary/aromatic N) is 4. The van der Waals surface area contributed by atoms with E-state index >= 15 is 0 Å². The van der Waals surface area contributed by atoms with E-state index in [1.165, 1.54) is 23.2 Å². The van der Waals surface area contributed by atoms with Crippen molar-refractivity contribution in [3.8, 4) is 5.75 Å². The number of aliphatic imine (C=N–C) groups is 1. The zero-order valence-corrected chi connectivity index (χ0v) is 18.5. The Morgan fingerprint density at radius 3 is 2.45 bits per heavy atom. The van der Waals surface area contributed by atoms with E-state index in [1.807, 2.05) is 6.07 Å². The molecule has 8 nitrogen and oxygen atoms in total. The third-order valence-electron chi connectivity index (χ3n) is 5.48. The van der Waals surface area contributed by atoms with Crippen LogP contribution in [0.1, 0.15) is 35.2 Å². The first-order valence-electron chi connectivity index (χ1n) is 10.7. The van der Waals surface area contributed by atoms with Crippen molar-refractivity contribution in [1.82, 2.24) is 9.91 Å². The molecule has 1 fully saturated rings. The van der Waals surface area contributed by atoms with E-state index in [1.54, 1.807) is 54.6 Å². The van der Waals surface area contributed by atoms with E-state index < -0.39 is 11.9 Å². The third-order valence-corrected chi connectivity index (χ3v) is 6.45. The molecule has 1 N–H and O–H groups in total. The maximum atomic E-state index is 12.6. The lowest BCUT2D eigenvalue weighted by molar-refractivity contribution is -0.114. The molecule has 0 bridgehead atoms. The summed E-state index contributed by atoms with van der Waals surface area (Å²) >= 11 is 1.34. The summed E-state index contributed by atoms with van der Waals surface area (Å²) in [4.78, 5) is 31.2. The molecule has 1 saturated heterocycles. The summed E-state index contributed by atoms with van der Waals surface area (Å²) in [5.41, 5.74) is 1.32. The minimum absolute atomic E-state index is 0.00379. The molecule has 3 aliphatic heterocycles. The Balaban J connectivity index is 1.31. The number of likely N-dealkylation sites (tertiary alicyclic amines) is 1. The third kappa shape index (κ3) is 4.45. The fourth-order valence-electron chi connectivity index (χ4n) is 3.73. The molecule has 0 aromatic heterocycles. The van der Waals surface area contributed by atoms with Crippen LogP contribution in [0.5, 0.6) is 5.75 Å². The highest BCUT2D eigenvalue weighted by Crippen LogP contribution is 2.30. The molecule has 3 aliphatic rings. The molecule has 0 atom stereocenters. The van der Waals surface area contributed by atoms with Gasteiger partial charge in [0.05, 0.1) is 11.1 Å². The molecule has 0 aliphatic carbocycles. The average Bonchev–Trinajstić information content (AvgIpc) is 3.28. The minimum Gasteiger partial charge on any atom is -0.423 e. The van der Waals surface area contributed by atoms with Gasteiger partial charge in [-0.15, -0.1) is 5.10 Å². The zero-order chi connectivity index (χ0) is 22.8. The topological polar surface area (TPSA) is 98.4 Å². The number of benzene rings is 2. The molecule has 0 saturated carbocycles. The Labute approximate surface area is 195 Å². The Hall–Kier alpha value is -3.72. The van der Waals surface area contributed by atoms with Gasteiger partial charge < -0.3 is 9.64 Å². The van der Waals surface area contributed by atoms with Crippen molar-refractivity contribution >= 4 is 45.9 Å². The van der Waals surface area contributed by atoms with Crippen molar-refractivity contribution in [3.05, 3.63) is 71.3 Å². The molecule has 0 unspecified atom stereocenters. The molecular weight excluding hydrogens is 438 g/mol. The van der Waals surface area contributed by atoms with Gasteiger partial charge in [0.25, 0.3) is 5.91 Å². The minimum atomic E-state index is -0.464. The van der Waals surface area contributed by atoms with E-state index in [2.05, 4.69) is 15.0 Å². The maximum absolute atomic E-state index is 12.6. The van der Waals surface area contributed by atoms with Crippen LogP contribution in [0.2, 0.25) is 0 Å².